The van der Waals surface area contributed by atoms with Gasteiger partial charge in [0.25, 0.3) is 5.91 Å². The Balaban J connectivity index is 1.44. The van der Waals surface area contributed by atoms with Crippen molar-refractivity contribution in [3.63, 3.8) is 0 Å². The second kappa shape index (κ2) is 9.27. The number of hydrogen-bond acceptors (Lipinski definition) is 3. The highest BCUT2D eigenvalue weighted by atomic mass is 16.5. The van der Waals surface area contributed by atoms with Gasteiger partial charge in [-0.1, -0.05) is 56.3 Å². The van der Waals surface area contributed by atoms with Crippen LogP contribution in [0.25, 0.3) is 10.8 Å². The smallest absolute Gasteiger partial charge is 0.258 e. The topological polar surface area (TPSA) is 47.6 Å². The SMILES string of the molecule is Cc1ccc(C(C)C)c(OCC(=O)NCCOc2ccc3ccccc3c2)c1. The lowest BCUT2D eigenvalue weighted by Crippen LogP contribution is -2.32. The zero-order valence-corrected chi connectivity index (χ0v) is 16.7. The lowest BCUT2D eigenvalue weighted by atomic mass is 10.0. The molecule has 28 heavy (non-hydrogen) atoms. The van der Waals surface area contributed by atoms with Gasteiger partial charge in [-0.15, -0.1) is 0 Å². The number of benzene rings is 3. The Labute approximate surface area is 166 Å². The maximum absolute atomic E-state index is 12.1. The van der Waals surface area contributed by atoms with Crippen LogP contribution >= 0.6 is 0 Å². The Morgan fingerprint density at radius 3 is 2.54 bits per heavy atom. The van der Waals surface area contributed by atoms with Gasteiger partial charge in [0.15, 0.2) is 6.61 Å². The summed E-state index contributed by atoms with van der Waals surface area (Å²) >= 11 is 0. The molecule has 0 bridgehead atoms. The molecule has 146 valence electrons. The molecule has 0 aliphatic carbocycles. The molecule has 0 aromatic heterocycles. The number of rotatable bonds is 8. The highest BCUT2D eigenvalue weighted by Gasteiger charge is 2.10. The number of amides is 1. The van der Waals surface area contributed by atoms with Crippen molar-refractivity contribution in [2.75, 3.05) is 19.8 Å². The maximum atomic E-state index is 12.1. The molecule has 0 atom stereocenters. The average molecular weight is 377 g/mol. The van der Waals surface area contributed by atoms with Crippen LogP contribution in [0.4, 0.5) is 0 Å². The first-order valence-corrected chi connectivity index (χ1v) is 9.64. The molecule has 0 aliphatic rings. The maximum Gasteiger partial charge on any atom is 0.258 e. The van der Waals surface area contributed by atoms with Crippen LogP contribution in [0.2, 0.25) is 0 Å². The van der Waals surface area contributed by atoms with E-state index in [0.29, 0.717) is 19.1 Å². The molecule has 3 aromatic rings. The molecule has 0 radical (unpaired) electrons. The van der Waals surface area contributed by atoms with Gasteiger partial charge in [0.1, 0.15) is 18.1 Å². The summed E-state index contributed by atoms with van der Waals surface area (Å²) < 4.78 is 11.5. The Hall–Kier alpha value is -3.01. The monoisotopic (exact) mass is 377 g/mol. The minimum atomic E-state index is -0.154. The van der Waals surface area contributed by atoms with E-state index in [1.807, 2.05) is 43.3 Å². The number of fused-ring (bicyclic) bond motifs is 1. The lowest BCUT2D eigenvalue weighted by Gasteiger charge is -2.15. The highest BCUT2D eigenvalue weighted by Crippen LogP contribution is 2.27. The van der Waals surface area contributed by atoms with Crippen LogP contribution in [0.5, 0.6) is 11.5 Å². The Kier molecular flexibility index (Phi) is 6.53. The fourth-order valence-corrected chi connectivity index (χ4v) is 3.05. The minimum absolute atomic E-state index is 0.000845. The molecule has 0 saturated carbocycles. The van der Waals surface area contributed by atoms with Gasteiger partial charge in [-0.25, -0.2) is 0 Å². The summed E-state index contributed by atoms with van der Waals surface area (Å²) in [5.74, 6) is 1.76. The highest BCUT2D eigenvalue weighted by molar-refractivity contribution is 5.83. The molecule has 1 amide bonds. The normalized spacial score (nSPS) is 10.9. The molecule has 0 saturated heterocycles. The van der Waals surface area contributed by atoms with E-state index in [1.54, 1.807) is 0 Å². The largest absolute Gasteiger partial charge is 0.492 e. The predicted molar refractivity (Wildman–Crippen MR) is 113 cm³/mol. The molecule has 1 N–H and O–H groups in total. The number of ether oxygens (including phenoxy) is 2. The van der Waals surface area contributed by atoms with E-state index in [0.717, 1.165) is 28.0 Å². The van der Waals surface area contributed by atoms with Gasteiger partial charge < -0.3 is 14.8 Å². The summed E-state index contributed by atoms with van der Waals surface area (Å²) in [4.78, 5) is 12.1. The van der Waals surface area contributed by atoms with Gasteiger partial charge in [0.05, 0.1) is 6.54 Å². The van der Waals surface area contributed by atoms with E-state index in [9.17, 15) is 4.79 Å². The number of nitrogens with one attached hydrogen (secondary N) is 1. The van der Waals surface area contributed by atoms with Crippen molar-refractivity contribution in [1.29, 1.82) is 0 Å². The quantitative estimate of drug-likeness (QED) is 0.571. The summed E-state index contributed by atoms with van der Waals surface area (Å²) in [7, 11) is 0. The van der Waals surface area contributed by atoms with Gasteiger partial charge in [0, 0.05) is 0 Å². The van der Waals surface area contributed by atoms with Crippen molar-refractivity contribution in [3.05, 3.63) is 71.8 Å². The zero-order chi connectivity index (χ0) is 19.9. The summed E-state index contributed by atoms with van der Waals surface area (Å²) in [5, 5.41) is 5.15. The van der Waals surface area contributed by atoms with E-state index in [-0.39, 0.29) is 12.5 Å². The van der Waals surface area contributed by atoms with Crippen molar-refractivity contribution < 1.29 is 14.3 Å². The summed E-state index contributed by atoms with van der Waals surface area (Å²) in [5.41, 5.74) is 2.22. The molecule has 0 unspecified atom stereocenters. The van der Waals surface area contributed by atoms with Crippen molar-refractivity contribution in [2.45, 2.75) is 26.7 Å². The molecular formula is C24H27NO3. The van der Waals surface area contributed by atoms with Crippen molar-refractivity contribution >= 4 is 16.7 Å². The van der Waals surface area contributed by atoms with Crippen LogP contribution in [0, 0.1) is 6.92 Å². The van der Waals surface area contributed by atoms with Gasteiger partial charge >= 0.3 is 0 Å². The molecule has 0 heterocycles. The van der Waals surface area contributed by atoms with Crippen molar-refractivity contribution in [1.82, 2.24) is 5.32 Å². The van der Waals surface area contributed by atoms with Crippen LogP contribution in [-0.4, -0.2) is 25.7 Å². The molecule has 3 aromatic carbocycles. The molecule has 0 fully saturated rings. The summed E-state index contributed by atoms with van der Waals surface area (Å²) in [6.45, 7) is 7.08. The van der Waals surface area contributed by atoms with Gasteiger partial charge in [-0.2, -0.15) is 0 Å². The van der Waals surface area contributed by atoms with Crippen LogP contribution in [0.1, 0.15) is 30.9 Å². The van der Waals surface area contributed by atoms with E-state index in [2.05, 4.69) is 43.4 Å². The fourth-order valence-electron chi connectivity index (χ4n) is 3.05. The number of hydrogen-bond donors (Lipinski definition) is 1. The van der Waals surface area contributed by atoms with E-state index in [4.69, 9.17) is 9.47 Å². The Morgan fingerprint density at radius 1 is 0.964 bits per heavy atom. The van der Waals surface area contributed by atoms with Crippen LogP contribution < -0.4 is 14.8 Å². The molecular weight excluding hydrogens is 350 g/mol. The summed E-state index contributed by atoms with van der Waals surface area (Å²) in [6, 6.07) is 20.2. The third-order valence-electron chi connectivity index (χ3n) is 4.56. The van der Waals surface area contributed by atoms with E-state index >= 15 is 0 Å². The molecule has 0 spiro atoms. The van der Waals surface area contributed by atoms with Crippen LogP contribution in [-0.2, 0) is 4.79 Å². The lowest BCUT2D eigenvalue weighted by molar-refractivity contribution is -0.123. The van der Waals surface area contributed by atoms with Crippen molar-refractivity contribution in [2.24, 2.45) is 0 Å². The van der Waals surface area contributed by atoms with Gasteiger partial charge in [-0.3, -0.25) is 4.79 Å². The fraction of sp³-hybridized carbons (Fsp3) is 0.292. The van der Waals surface area contributed by atoms with Crippen LogP contribution in [0.3, 0.4) is 0 Å². The second-order valence-corrected chi connectivity index (χ2v) is 7.19. The van der Waals surface area contributed by atoms with E-state index in [1.165, 1.54) is 5.39 Å². The first kappa shape index (κ1) is 19.7. The molecule has 3 rings (SSSR count). The minimum Gasteiger partial charge on any atom is -0.492 e. The third kappa shape index (κ3) is 5.26. The summed E-state index contributed by atoms with van der Waals surface area (Å²) in [6.07, 6.45) is 0. The van der Waals surface area contributed by atoms with Crippen molar-refractivity contribution in [3.8, 4) is 11.5 Å². The first-order valence-electron chi connectivity index (χ1n) is 9.64. The molecule has 4 heteroatoms. The zero-order valence-electron chi connectivity index (χ0n) is 16.7. The second-order valence-electron chi connectivity index (χ2n) is 7.19. The van der Waals surface area contributed by atoms with Crippen LogP contribution in [0.15, 0.2) is 60.7 Å². The number of aryl methyl sites for hydroxylation is 1. The Morgan fingerprint density at radius 2 is 1.75 bits per heavy atom. The van der Waals surface area contributed by atoms with E-state index < -0.39 is 0 Å². The van der Waals surface area contributed by atoms with Gasteiger partial charge in [0.2, 0.25) is 0 Å². The number of carbonyl (C=O) groups is 1. The molecule has 0 aliphatic heterocycles. The molecule has 4 nitrogen and oxygen atoms in total. The number of carbonyl (C=O) groups excluding carboxylic acids is 1. The third-order valence-corrected chi connectivity index (χ3v) is 4.56. The Bertz CT molecular complexity index is 949. The predicted octanol–water partition coefficient (Wildman–Crippen LogP) is 4.85. The standard InChI is InChI=1S/C24H27NO3/c1-17(2)22-11-8-18(3)14-23(22)28-16-24(26)25-12-13-27-21-10-9-19-6-4-5-7-20(19)15-21/h4-11,14-15,17H,12-13,16H2,1-3H3,(H,25,26). The first-order chi connectivity index (χ1) is 13.5. The average Bonchev–Trinajstić information content (AvgIpc) is 2.69. The van der Waals surface area contributed by atoms with Gasteiger partial charge in [-0.05, 0) is 52.9 Å².